The van der Waals surface area contributed by atoms with Crippen molar-refractivity contribution in [1.82, 2.24) is 14.8 Å². The van der Waals surface area contributed by atoms with Gasteiger partial charge in [0.2, 0.25) is 5.43 Å². The highest BCUT2D eigenvalue weighted by molar-refractivity contribution is 5.96. The largest absolute Gasteiger partial charge is 0.502 e. The van der Waals surface area contributed by atoms with E-state index >= 15 is 0 Å². The highest BCUT2D eigenvalue weighted by Gasteiger charge is 2.48. The molecule has 0 unspecified atom stereocenters. The van der Waals surface area contributed by atoms with Crippen molar-refractivity contribution in [3.05, 3.63) is 92.9 Å². The van der Waals surface area contributed by atoms with Crippen LogP contribution in [-0.2, 0) is 17.6 Å². The Balaban J connectivity index is 1.66. The van der Waals surface area contributed by atoms with E-state index in [1.165, 1.54) is 15.9 Å². The number of benzene rings is 2. The zero-order valence-corrected chi connectivity index (χ0v) is 18.2. The quantitative estimate of drug-likeness (QED) is 0.618. The molecule has 3 aliphatic rings. The van der Waals surface area contributed by atoms with E-state index in [-0.39, 0.29) is 17.8 Å². The van der Waals surface area contributed by atoms with Crippen LogP contribution in [0.25, 0.3) is 0 Å². The molecule has 2 atom stereocenters. The molecule has 1 N–H and O–H groups in total. The van der Waals surface area contributed by atoms with E-state index in [2.05, 4.69) is 29.4 Å². The summed E-state index contributed by atoms with van der Waals surface area (Å²) in [4.78, 5) is 28.9. The molecule has 33 heavy (non-hydrogen) atoms. The number of aryl methyl sites for hydroxylation is 2. The van der Waals surface area contributed by atoms with Crippen LogP contribution in [0.2, 0.25) is 0 Å². The summed E-state index contributed by atoms with van der Waals surface area (Å²) in [6, 6.07) is 16.1. The fraction of sp³-hybridized carbons (Fsp3) is 0.320. The summed E-state index contributed by atoms with van der Waals surface area (Å²) < 4.78 is 5.90. The van der Waals surface area contributed by atoms with Crippen LogP contribution in [0.15, 0.2) is 59.5 Å². The molecule has 0 saturated carbocycles. The maximum atomic E-state index is 13.5. The van der Waals surface area contributed by atoms with Crippen LogP contribution in [0.5, 0.6) is 5.75 Å². The number of aromatic nitrogens is 2. The Morgan fingerprint density at radius 3 is 2.27 bits per heavy atom. The Hall–Kier alpha value is -3.65. The molecule has 2 aromatic carbocycles. The van der Waals surface area contributed by atoms with Crippen molar-refractivity contribution in [2.75, 3.05) is 18.2 Å². The standard InChI is InChI=1S/C25H24N4O4/c1-15-13-33-14-21-27(15)25(32)23-24(31)20(30)12-26-29(23)28(21)22-18-8-4-2-6-16(18)10-11-17-7-3-5-9-19(17)22/h2-9,12,15,21-22,31H,10-11,13-14H2,1H3/t15-,21-/m1/s1. The summed E-state index contributed by atoms with van der Waals surface area (Å²) in [5.41, 5.74) is 3.89. The van der Waals surface area contributed by atoms with E-state index in [9.17, 15) is 14.7 Å². The Labute approximate surface area is 190 Å². The molecule has 6 rings (SSSR count). The SMILES string of the molecule is C[C@@H]1COC[C@@H]2N1C(=O)c1c(O)c(=O)cnn1N2C1c2ccccc2CCc2ccccc21. The van der Waals surface area contributed by atoms with Gasteiger partial charge in [0, 0.05) is 0 Å². The molecule has 1 amide bonds. The van der Waals surface area contributed by atoms with Crippen LogP contribution >= 0.6 is 0 Å². The van der Waals surface area contributed by atoms with Gasteiger partial charge < -0.3 is 14.7 Å². The third kappa shape index (κ3) is 2.90. The average molecular weight is 444 g/mol. The highest BCUT2D eigenvalue weighted by atomic mass is 16.5. The smallest absolute Gasteiger partial charge is 0.280 e. The van der Waals surface area contributed by atoms with Crippen molar-refractivity contribution >= 4 is 5.91 Å². The number of rotatable bonds is 1. The second kappa shape index (κ2) is 7.45. The number of hydrogen-bond donors (Lipinski definition) is 1. The van der Waals surface area contributed by atoms with Crippen molar-refractivity contribution in [2.24, 2.45) is 0 Å². The number of carbonyl (C=O) groups excluding carboxylic acids is 1. The second-order valence-corrected chi connectivity index (χ2v) is 8.86. The van der Waals surface area contributed by atoms with Gasteiger partial charge in [-0.25, -0.2) is 0 Å². The zero-order valence-electron chi connectivity index (χ0n) is 18.2. The minimum absolute atomic E-state index is 0.105. The highest BCUT2D eigenvalue weighted by Crippen LogP contribution is 2.40. The molecule has 8 heteroatoms. The first-order valence-electron chi connectivity index (χ1n) is 11.2. The van der Waals surface area contributed by atoms with Gasteiger partial charge in [-0.05, 0) is 42.0 Å². The average Bonchev–Trinajstić information content (AvgIpc) is 2.99. The van der Waals surface area contributed by atoms with Gasteiger partial charge in [-0.2, -0.15) is 9.89 Å². The maximum Gasteiger partial charge on any atom is 0.280 e. The van der Waals surface area contributed by atoms with E-state index in [0.717, 1.165) is 30.2 Å². The van der Waals surface area contributed by atoms with E-state index in [1.54, 1.807) is 4.90 Å². The summed E-state index contributed by atoms with van der Waals surface area (Å²) in [6.45, 7) is 2.60. The molecule has 1 fully saturated rings. The van der Waals surface area contributed by atoms with Crippen molar-refractivity contribution in [3.8, 4) is 5.75 Å². The van der Waals surface area contributed by atoms with Crippen LogP contribution < -0.4 is 10.4 Å². The summed E-state index contributed by atoms with van der Waals surface area (Å²) >= 11 is 0. The van der Waals surface area contributed by atoms with Crippen LogP contribution in [0.4, 0.5) is 0 Å². The molecule has 168 valence electrons. The van der Waals surface area contributed by atoms with Gasteiger partial charge in [-0.15, -0.1) is 0 Å². The topological polar surface area (TPSA) is 87.9 Å². The third-order valence-electron chi connectivity index (χ3n) is 6.95. The Morgan fingerprint density at radius 1 is 0.970 bits per heavy atom. The number of fused-ring (bicyclic) bond motifs is 4. The molecule has 0 bridgehead atoms. The molecule has 2 aliphatic heterocycles. The molecule has 3 aromatic rings. The van der Waals surface area contributed by atoms with E-state index in [4.69, 9.17) is 4.74 Å². The van der Waals surface area contributed by atoms with E-state index in [0.29, 0.717) is 13.2 Å². The predicted molar refractivity (Wildman–Crippen MR) is 121 cm³/mol. The van der Waals surface area contributed by atoms with Crippen LogP contribution in [0.3, 0.4) is 0 Å². The zero-order chi connectivity index (χ0) is 22.7. The Morgan fingerprint density at radius 2 is 1.61 bits per heavy atom. The first-order valence-corrected chi connectivity index (χ1v) is 11.2. The van der Waals surface area contributed by atoms with Crippen molar-refractivity contribution in [3.63, 3.8) is 0 Å². The van der Waals surface area contributed by atoms with Crippen LogP contribution in [0, 0.1) is 0 Å². The minimum atomic E-state index is -0.671. The van der Waals surface area contributed by atoms with Gasteiger partial charge in [-0.1, -0.05) is 48.5 Å². The summed E-state index contributed by atoms with van der Waals surface area (Å²) in [5, 5.41) is 17.0. The third-order valence-corrected chi connectivity index (χ3v) is 6.95. The van der Waals surface area contributed by atoms with Crippen molar-refractivity contribution in [2.45, 2.75) is 38.0 Å². The molecular formula is C25H24N4O4. The molecule has 3 heterocycles. The molecule has 8 nitrogen and oxygen atoms in total. The maximum absolute atomic E-state index is 13.5. The number of hydrogen-bond acceptors (Lipinski definition) is 6. The van der Waals surface area contributed by atoms with E-state index < -0.39 is 23.3 Å². The van der Waals surface area contributed by atoms with Crippen LogP contribution in [0.1, 0.15) is 45.7 Å². The monoisotopic (exact) mass is 444 g/mol. The fourth-order valence-corrected chi connectivity index (χ4v) is 5.45. The van der Waals surface area contributed by atoms with Crippen molar-refractivity contribution < 1.29 is 14.6 Å². The lowest BCUT2D eigenvalue weighted by atomic mass is 9.93. The van der Waals surface area contributed by atoms with Gasteiger partial charge in [0.05, 0.1) is 19.3 Å². The molecule has 0 radical (unpaired) electrons. The number of aromatic hydroxyl groups is 1. The summed E-state index contributed by atoms with van der Waals surface area (Å²) in [6.07, 6.45) is 2.41. The minimum Gasteiger partial charge on any atom is -0.502 e. The van der Waals surface area contributed by atoms with Gasteiger partial charge in [0.25, 0.3) is 5.91 Å². The lowest BCUT2D eigenvalue weighted by Gasteiger charge is -2.52. The fourth-order valence-electron chi connectivity index (χ4n) is 5.45. The number of amides is 1. The van der Waals surface area contributed by atoms with Crippen LogP contribution in [-0.4, -0.2) is 51.2 Å². The molecule has 0 spiro atoms. The summed E-state index contributed by atoms with van der Waals surface area (Å²) in [7, 11) is 0. The molecule has 1 aromatic heterocycles. The lowest BCUT2D eigenvalue weighted by molar-refractivity contribution is -0.0486. The number of ether oxygens (including phenoxy) is 1. The van der Waals surface area contributed by atoms with Gasteiger partial charge >= 0.3 is 0 Å². The number of carbonyl (C=O) groups is 1. The predicted octanol–water partition coefficient (Wildman–Crippen LogP) is 1.98. The second-order valence-electron chi connectivity index (χ2n) is 8.86. The Kier molecular flexibility index (Phi) is 4.51. The molecule has 1 aliphatic carbocycles. The van der Waals surface area contributed by atoms with E-state index in [1.807, 2.05) is 36.2 Å². The molecule has 1 saturated heterocycles. The number of morpholine rings is 1. The number of nitrogens with zero attached hydrogens (tertiary/aromatic N) is 4. The van der Waals surface area contributed by atoms with Gasteiger partial charge in [0.1, 0.15) is 18.4 Å². The Bertz CT molecular complexity index is 1270. The first-order chi connectivity index (χ1) is 16.1. The van der Waals surface area contributed by atoms with Gasteiger partial charge in [0.15, 0.2) is 11.4 Å². The first kappa shape index (κ1) is 20.0. The lowest BCUT2D eigenvalue weighted by Crippen LogP contribution is -2.69. The summed E-state index contributed by atoms with van der Waals surface area (Å²) in [5.74, 6) is -0.989. The van der Waals surface area contributed by atoms with Gasteiger partial charge in [-0.3, -0.25) is 14.6 Å². The normalized spacial score (nSPS) is 22.2. The molecular weight excluding hydrogens is 420 g/mol. The van der Waals surface area contributed by atoms with Crippen molar-refractivity contribution in [1.29, 1.82) is 0 Å².